The summed E-state index contributed by atoms with van der Waals surface area (Å²) in [5, 5.41) is 0. The molecule has 0 aromatic heterocycles. The minimum absolute atomic E-state index is 0.0133. The van der Waals surface area contributed by atoms with Gasteiger partial charge in [0.1, 0.15) is 0 Å². The van der Waals surface area contributed by atoms with Gasteiger partial charge in [0.15, 0.2) is 5.78 Å². The zero-order valence-electron chi connectivity index (χ0n) is 12.1. The highest BCUT2D eigenvalue weighted by atomic mass is 19.4. The first-order valence-corrected chi connectivity index (χ1v) is 6.84. The highest BCUT2D eigenvalue weighted by Gasteiger charge is 2.30. The molecule has 0 radical (unpaired) electrons. The van der Waals surface area contributed by atoms with E-state index in [1.807, 2.05) is 6.07 Å². The smallest absolute Gasteiger partial charge is 0.374 e. The molecule has 2 aromatic carbocycles. The van der Waals surface area contributed by atoms with E-state index in [4.69, 9.17) is 0 Å². The molecular formula is C17H16F3NO. The van der Waals surface area contributed by atoms with Crippen molar-refractivity contribution in [2.24, 2.45) is 0 Å². The van der Waals surface area contributed by atoms with E-state index in [-0.39, 0.29) is 5.78 Å². The summed E-state index contributed by atoms with van der Waals surface area (Å²) >= 11 is 0. The lowest BCUT2D eigenvalue weighted by Crippen LogP contribution is -2.21. The Balaban J connectivity index is 1.95. The maximum Gasteiger partial charge on any atom is 0.416 e. The first kappa shape index (κ1) is 16.1. The minimum Gasteiger partial charge on any atom is -0.374 e. The first-order valence-electron chi connectivity index (χ1n) is 6.84. The summed E-state index contributed by atoms with van der Waals surface area (Å²) in [6.45, 7) is 0.444. The second kappa shape index (κ2) is 6.64. The number of anilines is 1. The zero-order chi connectivity index (χ0) is 16.2. The van der Waals surface area contributed by atoms with Gasteiger partial charge in [-0.3, -0.25) is 4.79 Å². The number of Topliss-reactive ketones (excluding diaryl/α,β-unsaturated/α-hetero) is 1. The minimum atomic E-state index is -4.33. The summed E-state index contributed by atoms with van der Waals surface area (Å²) in [4.78, 5) is 13.8. The van der Waals surface area contributed by atoms with Crippen LogP contribution in [0.4, 0.5) is 18.9 Å². The Hall–Kier alpha value is -2.30. The lowest BCUT2D eigenvalue weighted by atomic mass is 10.1. The summed E-state index contributed by atoms with van der Waals surface area (Å²) in [5.41, 5.74) is 0.613. The third-order valence-electron chi connectivity index (χ3n) is 3.41. The van der Waals surface area contributed by atoms with Gasteiger partial charge in [0, 0.05) is 31.3 Å². The van der Waals surface area contributed by atoms with Crippen LogP contribution >= 0.6 is 0 Å². The number of alkyl halides is 3. The molecule has 116 valence electrons. The lowest BCUT2D eigenvalue weighted by Gasteiger charge is -2.19. The van der Waals surface area contributed by atoms with E-state index in [0.717, 1.165) is 12.1 Å². The zero-order valence-corrected chi connectivity index (χ0v) is 12.1. The van der Waals surface area contributed by atoms with Crippen molar-refractivity contribution < 1.29 is 18.0 Å². The number of hydrogen-bond donors (Lipinski definition) is 0. The molecule has 0 fully saturated rings. The van der Waals surface area contributed by atoms with Crippen LogP contribution in [-0.2, 0) is 6.18 Å². The van der Waals surface area contributed by atoms with Crippen molar-refractivity contribution in [2.45, 2.75) is 12.6 Å². The average molecular weight is 307 g/mol. The predicted octanol–water partition coefficient (Wildman–Crippen LogP) is 4.41. The second-order valence-corrected chi connectivity index (χ2v) is 5.01. The number of carbonyl (C=O) groups is 1. The Kier molecular flexibility index (Phi) is 4.85. The maximum absolute atomic E-state index is 12.5. The van der Waals surface area contributed by atoms with Crippen molar-refractivity contribution in [3.63, 3.8) is 0 Å². The monoisotopic (exact) mass is 307 g/mol. The van der Waals surface area contributed by atoms with Crippen LogP contribution in [0.1, 0.15) is 22.3 Å². The Morgan fingerprint density at radius 1 is 1.00 bits per heavy atom. The van der Waals surface area contributed by atoms with Gasteiger partial charge in [-0.15, -0.1) is 0 Å². The summed E-state index contributed by atoms with van der Waals surface area (Å²) < 4.78 is 37.5. The van der Waals surface area contributed by atoms with Crippen molar-refractivity contribution in [1.29, 1.82) is 0 Å². The molecular weight excluding hydrogens is 291 g/mol. The van der Waals surface area contributed by atoms with Gasteiger partial charge in [-0.05, 0) is 24.3 Å². The fraction of sp³-hybridized carbons (Fsp3) is 0.235. The Morgan fingerprint density at radius 2 is 1.59 bits per heavy atom. The van der Waals surface area contributed by atoms with E-state index in [0.29, 0.717) is 24.2 Å². The van der Waals surface area contributed by atoms with E-state index >= 15 is 0 Å². The average Bonchev–Trinajstić information content (AvgIpc) is 2.52. The summed E-state index contributed by atoms with van der Waals surface area (Å²) in [6, 6.07) is 13.9. The number of ketones is 1. The quantitative estimate of drug-likeness (QED) is 0.762. The third kappa shape index (κ3) is 4.10. The van der Waals surface area contributed by atoms with Crippen LogP contribution in [0.3, 0.4) is 0 Å². The topological polar surface area (TPSA) is 20.3 Å². The number of halogens is 3. The van der Waals surface area contributed by atoms with Gasteiger partial charge in [0.05, 0.1) is 5.56 Å². The van der Waals surface area contributed by atoms with Crippen LogP contribution in [0.25, 0.3) is 0 Å². The number of rotatable bonds is 5. The van der Waals surface area contributed by atoms with E-state index in [2.05, 4.69) is 0 Å². The molecule has 0 spiro atoms. The fourth-order valence-corrected chi connectivity index (χ4v) is 2.07. The van der Waals surface area contributed by atoms with Crippen molar-refractivity contribution >= 4 is 11.5 Å². The largest absolute Gasteiger partial charge is 0.416 e. The molecule has 0 amide bonds. The molecule has 0 unspecified atom stereocenters. The molecule has 0 heterocycles. The first-order chi connectivity index (χ1) is 10.4. The van der Waals surface area contributed by atoms with E-state index in [9.17, 15) is 18.0 Å². The molecule has 0 saturated heterocycles. The lowest BCUT2D eigenvalue weighted by molar-refractivity contribution is -0.137. The molecule has 5 heteroatoms. The molecule has 2 nitrogen and oxygen atoms in total. The van der Waals surface area contributed by atoms with Gasteiger partial charge in [-0.2, -0.15) is 13.2 Å². The number of benzene rings is 2. The number of carbonyl (C=O) groups excluding carboxylic acids is 1. The van der Waals surface area contributed by atoms with Gasteiger partial charge >= 0.3 is 6.18 Å². The fourth-order valence-electron chi connectivity index (χ4n) is 2.07. The maximum atomic E-state index is 12.5. The molecule has 2 rings (SSSR count). The molecule has 0 aliphatic rings. The van der Waals surface area contributed by atoms with Gasteiger partial charge < -0.3 is 4.90 Å². The molecule has 0 atom stereocenters. The highest BCUT2D eigenvalue weighted by molar-refractivity contribution is 5.96. The van der Waals surface area contributed by atoms with Crippen LogP contribution in [0.5, 0.6) is 0 Å². The number of hydrogen-bond acceptors (Lipinski definition) is 2. The van der Waals surface area contributed by atoms with Crippen molar-refractivity contribution in [2.75, 3.05) is 18.5 Å². The summed E-state index contributed by atoms with van der Waals surface area (Å²) in [5.74, 6) is 0.0133. The van der Waals surface area contributed by atoms with E-state index < -0.39 is 11.7 Å². The van der Waals surface area contributed by atoms with Crippen molar-refractivity contribution in [1.82, 2.24) is 0 Å². The van der Waals surface area contributed by atoms with Gasteiger partial charge in [0.2, 0.25) is 0 Å². The van der Waals surface area contributed by atoms with Crippen LogP contribution in [-0.4, -0.2) is 19.4 Å². The summed E-state index contributed by atoms with van der Waals surface area (Å²) in [7, 11) is 1.75. The van der Waals surface area contributed by atoms with Gasteiger partial charge in [0.25, 0.3) is 0 Å². The van der Waals surface area contributed by atoms with Crippen LogP contribution in [0.15, 0.2) is 54.6 Å². The van der Waals surface area contributed by atoms with Crippen molar-refractivity contribution in [3.05, 3.63) is 65.7 Å². The molecule has 0 aliphatic heterocycles. The second-order valence-electron chi connectivity index (χ2n) is 5.01. The third-order valence-corrected chi connectivity index (χ3v) is 3.41. The Bertz CT molecular complexity index is 621. The van der Waals surface area contributed by atoms with E-state index in [1.54, 1.807) is 36.2 Å². The normalized spacial score (nSPS) is 11.3. The van der Waals surface area contributed by atoms with Gasteiger partial charge in [-0.25, -0.2) is 0 Å². The summed E-state index contributed by atoms with van der Waals surface area (Å²) in [6.07, 6.45) is -4.03. The molecule has 0 aliphatic carbocycles. The number of nitrogens with zero attached hydrogens (tertiary/aromatic N) is 1. The molecule has 0 bridgehead atoms. The molecule has 22 heavy (non-hydrogen) atoms. The van der Waals surface area contributed by atoms with E-state index in [1.165, 1.54) is 12.1 Å². The SMILES string of the molecule is CN(CCC(=O)c1ccccc1)c1ccc(C(F)(F)F)cc1. The highest BCUT2D eigenvalue weighted by Crippen LogP contribution is 2.30. The van der Waals surface area contributed by atoms with Gasteiger partial charge in [-0.1, -0.05) is 30.3 Å². The van der Waals surface area contributed by atoms with Crippen LogP contribution in [0.2, 0.25) is 0 Å². The Labute approximate surface area is 127 Å². The molecule has 0 saturated carbocycles. The molecule has 0 N–H and O–H groups in total. The molecule has 2 aromatic rings. The predicted molar refractivity (Wildman–Crippen MR) is 80.1 cm³/mol. The van der Waals surface area contributed by atoms with Crippen LogP contribution < -0.4 is 4.90 Å². The van der Waals surface area contributed by atoms with Crippen molar-refractivity contribution in [3.8, 4) is 0 Å². The van der Waals surface area contributed by atoms with Crippen LogP contribution in [0, 0.1) is 0 Å². The Morgan fingerprint density at radius 3 is 2.14 bits per heavy atom. The standard InChI is InChI=1S/C17H16F3NO/c1-21(12-11-16(22)13-5-3-2-4-6-13)15-9-7-14(8-10-15)17(18,19)20/h2-10H,11-12H2,1H3.